The number of carbonyl (C=O) groups excluding carboxylic acids is 2. The van der Waals surface area contributed by atoms with Gasteiger partial charge in [-0.3, -0.25) is 0 Å². The first-order chi connectivity index (χ1) is 17.2. The average Bonchev–Trinajstić information content (AvgIpc) is 3.11. The van der Waals surface area contributed by atoms with Gasteiger partial charge in [-0.2, -0.15) is 0 Å². The van der Waals surface area contributed by atoms with Crippen molar-refractivity contribution in [2.75, 3.05) is 0 Å². The summed E-state index contributed by atoms with van der Waals surface area (Å²) >= 11 is 0. The topological polar surface area (TPSA) is 77.3 Å². The van der Waals surface area contributed by atoms with Gasteiger partial charge in [-0.05, 0) is 55.0 Å². The molecule has 0 amide bonds. The minimum Gasteiger partial charge on any atom is -0.319 e. The van der Waals surface area contributed by atoms with Gasteiger partial charge in [0.1, 0.15) is 0 Å². The van der Waals surface area contributed by atoms with Crippen LogP contribution < -0.4 is 0 Å². The van der Waals surface area contributed by atoms with Gasteiger partial charge in [0.15, 0.2) is 0 Å². The molecule has 0 heterocycles. The van der Waals surface area contributed by atoms with Crippen LogP contribution in [-0.2, 0) is 24.7 Å². The number of oxime groups is 2. The first kappa shape index (κ1) is 27.3. The molecule has 0 saturated carbocycles. The molecule has 0 bridgehead atoms. The third-order valence-electron chi connectivity index (χ3n) is 6.80. The molecule has 0 N–H and O–H groups in total. The normalized spacial score (nSPS) is 14.3. The van der Waals surface area contributed by atoms with Crippen LogP contribution in [-0.4, -0.2) is 23.4 Å². The highest BCUT2D eigenvalue weighted by molar-refractivity contribution is 6.12. The first-order valence-electron chi connectivity index (χ1n) is 12.9. The van der Waals surface area contributed by atoms with E-state index in [-0.39, 0.29) is 11.8 Å². The number of aryl methyl sites for hydroxylation is 1. The molecular formula is C30H38N2O4. The summed E-state index contributed by atoms with van der Waals surface area (Å²) in [6.07, 6.45) is 7.00. The van der Waals surface area contributed by atoms with E-state index in [4.69, 9.17) is 9.68 Å². The Bertz CT molecular complexity index is 1170. The molecule has 2 aromatic rings. The molecule has 2 aromatic carbocycles. The molecule has 1 aliphatic carbocycles. The second-order valence-electron chi connectivity index (χ2n) is 9.81. The second-order valence-corrected chi connectivity index (χ2v) is 9.81. The van der Waals surface area contributed by atoms with Crippen LogP contribution >= 0.6 is 0 Å². The highest BCUT2D eigenvalue weighted by Gasteiger charge is 2.42. The zero-order valence-electron chi connectivity index (χ0n) is 22.4. The number of benzene rings is 2. The standard InChI is InChI=1S/C30H38N2O4/c1-7-9-15-30(16-10-8-2)27-17-20(3)11-13-25(27)26-14-12-24(19-28(26)30)29(32-36-23(6)34)18-21(4)31-35-22(5)33/h11-14,17,19H,7-10,15-16,18H2,1-6H3/b31-21+,32-29-. The molecule has 0 atom stereocenters. The largest absolute Gasteiger partial charge is 0.331 e. The summed E-state index contributed by atoms with van der Waals surface area (Å²) in [6, 6.07) is 13.2. The summed E-state index contributed by atoms with van der Waals surface area (Å²) in [6.45, 7) is 11.0. The Balaban J connectivity index is 2.15. The van der Waals surface area contributed by atoms with Crippen LogP contribution in [0, 0.1) is 6.92 Å². The van der Waals surface area contributed by atoms with E-state index in [1.807, 2.05) is 6.07 Å². The number of hydrogen-bond acceptors (Lipinski definition) is 6. The maximum Gasteiger partial charge on any atom is 0.331 e. The lowest BCUT2D eigenvalue weighted by Gasteiger charge is -2.33. The molecule has 192 valence electrons. The van der Waals surface area contributed by atoms with Crippen molar-refractivity contribution in [3.05, 3.63) is 58.7 Å². The van der Waals surface area contributed by atoms with Crippen LogP contribution in [0.1, 0.15) is 102 Å². The van der Waals surface area contributed by atoms with E-state index < -0.39 is 11.9 Å². The van der Waals surface area contributed by atoms with E-state index in [0.29, 0.717) is 11.4 Å². The minimum atomic E-state index is -0.494. The third-order valence-corrected chi connectivity index (χ3v) is 6.80. The van der Waals surface area contributed by atoms with E-state index >= 15 is 0 Å². The van der Waals surface area contributed by atoms with Crippen molar-refractivity contribution in [2.45, 2.75) is 91.9 Å². The zero-order valence-corrected chi connectivity index (χ0v) is 22.4. The van der Waals surface area contributed by atoms with Crippen LogP contribution in [0.25, 0.3) is 11.1 Å². The fraction of sp³-hybridized carbons (Fsp3) is 0.467. The van der Waals surface area contributed by atoms with Crippen molar-refractivity contribution < 1.29 is 19.3 Å². The summed E-state index contributed by atoms with van der Waals surface area (Å²) in [5.74, 6) is -0.985. The SMILES string of the molecule is CCCCC1(CCCC)c2cc(C)ccc2-c2ccc(/C(C/C(C)=N/OC(C)=O)=N\OC(C)=O)cc21. The summed E-state index contributed by atoms with van der Waals surface area (Å²) in [7, 11) is 0. The Morgan fingerprint density at radius 2 is 1.36 bits per heavy atom. The van der Waals surface area contributed by atoms with E-state index in [2.05, 4.69) is 61.4 Å². The van der Waals surface area contributed by atoms with Crippen LogP contribution in [0.5, 0.6) is 0 Å². The molecule has 36 heavy (non-hydrogen) atoms. The number of hydrogen-bond donors (Lipinski definition) is 0. The van der Waals surface area contributed by atoms with Gasteiger partial charge in [0.2, 0.25) is 0 Å². The maximum atomic E-state index is 11.6. The zero-order chi connectivity index (χ0) is 26.3. The summed E-state index contributed by atoms with van der Waals surface area (Å²) in [5, 5.41) is 8.05. The van der Waals surface area contributed by atoms with Gasteiger partial charge in [-0.25, -0.2) is 9.59 Å². The van der Waals surface area contributed by atoms with Crippen LogP contribution in [0.2, 0.25) is 0 Å². The minimum absolute atomic E-state index is 0.0634. The van der Waals surface area contributed by atoms with Gasteiger partial charge >= 0.3 is 11.9 Å². The predicted molar refractivity (Wildman–Crippen MR) is 144 cm³/mol. The highest BCUT2D eigenvalue weighted by Crippen LogP contribution is 2.54. The fourth-order valence-corrected chi connectivity index (χ4v) is 5.13. The van der Waals surface area contributed by atoms with E-state index in [9.17, 15) is 9.59 Å². The lowest BCUT2D eigenvalue weighted by molar-refractivity contribution is -0.141. The Labute approximate surface area is 214 Å². The Morgan fingerprint density at radius 1 is 0.806 bits per heavy atom. The molecule has 0 unspecified atom stereocenters. The van der Waals surface area contributed by atoms with Crippen molar-refractivity contribution >= 4 is 23.4 Å². The average molecular weight is 491 g/mol. The molecule has 0 radical (unpaired) electrons. The molecule has 1 aliphatic rings. The summed E-state index contributed by atoms with van der Waals surface area (Å²) < 4.78 is 0. The van der Waals surface area contributed by atoms with Gasteiger partial charge in [0.25, 0.3) is 0 Å². The smallest absolute Gasteiger partial charge is 0.319 e. The Morgan fingerprint density at radius 3 is 1.94 bits per heavy atom. The fourth-order valence-electron chi connectivity index (χ4n) is 5.13. The van der Waals surface area contributed by atoms with E-state index in [0.717, 1.165) is 44.1 Å². The van der Waals surface area contributed by atoms with Gasteiger partial charge < -0.3 is 9.68 Å². The van der Waals surface area contributed by atoms with Gasteiger partial charge in [-0.15, -0.1) is 0 Å². The molecule has 6 heteroatoms. The van der Waals surface area contributed by atoms with Gasteiger partial charge in [0.05, 0.1) is 11.4 Å². The number of unbranched alkanes of at least 4 members (excludes halogenated alkanes) is 2. The monoisotopic (exact) mass is 490 g/mol. The first-order valence-corrected chi connectivity index (χ1v) is 12.9. The van der Waals surface area contributed by atoms with Crippen molar-refractivity contribution in [1.82, 2.24) is 0 Å². The van der Waals surface area contributed by atoms with E-state index in [1.165, 1.54) is 41.7 Å². The van der Waals surface area contributed by atoms with Gasteiger partial charge in [-0.1, -0.05) is 85.7 Å². The number of carbonyl (C=O) groups is 2. The molecule has 0 saturated heterocycles. The molecule has 3 rings (SSSR count). The summed E-state index contributed by atoms with van der Waals surface area (Å²) in [5.41, 5.74) is 8.50. The highest BCUT2D eigenvalue weighted by atomic mass is 16.7. The Hall–Kier alpha value is -3.28. The lowest BCUT2D eigenvalue weighted by atomic mass is 9.70. The molecule has 0 fully saturated rings. The van der Waals surface area contributed by atoms with Crippen molar-refractivity contribution in [3.63, 3.8) is 0 Å². The van der Waals surface area contributed by atoms with Gasteiger partial charge in [0, 0.05) is 31.2 Å². The van der Waals surface area contributed by atoms with Crippen LogP contribution in [0.4, 0.5) is 0 Å². The third kappa shape index (κ3) is 6.10. The maximum absolute atomic E-state index is 11.6. The van der Waals surface area contributed by atoms with Crippen LogP contribution in [0.3, 0.4) is 0 Å². The van der Waals surface area contributed by atoms with Crippen molar-refractivity contribution in [3.8, 4) is 11.1 Å². The lowest BCUT2D eigenvalue weighted by Crippen LogP contribution is -2.26. The quantitative estimate of drug-likeness (QED) is 0.189. The molecule has 0 aliphatic heterocycles. The Kier molecular flexibility index (Phi) is 9.19. The van der Waals surface area contributed by atoms with Crippen LogP contribution in [0.15, 0.2) is 46.7 Å². The molecule has 0 aromatic heterocycles. The second kappa shape index (κ2) is 12.1. The number of rotatable bonds is 11. The number of fused-ring (bicyclic) bond motifs is 3. The summed E-state index contributed by atoms with van der Waals surface area (Å²) in [4.78, 5) is 32.6. The number of nitrogens with zero attached hydrogens (tertiary/aromatic N) is 2. The van der Waals surface area contributed by atoms with E-state index in [1.54, 1.807) is 6.92 Å². The van der Waals surface area contributed by atoms with Crippen molar-refractivity contribution in [2.24, 2.45) is 10.3 Å². The molecule has 6 nitrogen and oxygen atoms in total. The predicted octanol–water partition coefficient (Wildman–Crippen LogP) is 7.24. The molecular weight excluding hydrogens is 452 g/mol. The van der Waals surface area contributed by atoms with Crippen molar-refractivity contribution in [1.29, 1.82) is 0 Å². The molecule has 0 spiro atoms.